The topological polar surface area (TPSA) is 158 Å². The highest BCUT2D eigenvalue weighted by Gasteiger charge is 2.31. The number of carbonyl (C=O) groups excluding carboxylic acids is 5. The molecule has 12 nitrogen and oxygen atoms in total. The number of fused-ring (bicyclic) bond motifs is 2. The normalized spacial score (nSPS) is 21.0. The van der Waals surface area contributed by atoms with Crippen molar-refractivity contribution in [3.63, 3.8) is 0 Å². The van der Waals surface area contributed by atoms with Crippen LogP contribution in [0.4, 0.5) is 4.79 Å². The molecule has 1 heterocycles. The first-order valence-electron chi connectivity index (χ1n) is 13.1. The van der Waals surface area contributed by atoms with Crippen molar-refractivity contribution in [1.82, 2.24) is 16.0 Å². The zero-order chi connectivity index (χ0) is 30.7. The van der Waals surface area contributed by atoms with Crippen molar-refractivity contribution >= 4 is 29.8 Å². The van der Waals surface area contributed by atoms with Crippen LogP contribution < -0.4 is 20.7 Å². The average Bonchev–Trinajstić information content (AvgIpc) is 2.87. The lowest BCUT2D eigenvalue weighted by Crippen LogP contribution is -2.55. The fourth-order valence-electron chi connectivity index (χ4n) is 3.89. The lowest BCUT2D eigenvalue weighted by atomic mass is 9.95. The van der Waals surface area contributed by atoms with Crippen molar-refractivity contribution in [3.8, 4) is 5.75 Å². The van der Waals surface area contributed by atoms with E-state index in [-0.39, 0.29) is 19.6 Å². The molecule has 41 heavy (non-hydrogen) atoms. The maximum atomic E-state index is 13.1. The van der Waals surface area contributed by atoms with Crippen molar-refractivity contribution in [3.05, 3.63) is 53.6 Å². The molecule has 0 saturated heterocycles. The van der Waals surface area contributed by atoms with E-state index in [1.54, 1.807) is 51.1 Å². The monoisotopic (exact) mass is 573 g/mol. The zero-order valence-corrected chi connectivity index (χ0v) is 24.3. The standard InChI is InChI=1S/C29H39N3O9/c1-8-11-19-14-21-15-20(24(19)40-18(3)33)12-9-10-13-39-16-22(31-28(37)41-29(4,5)6)26(35)30-17(2)25(34)32-23(21)27(36)38-7/h8-10,14-15,17,22-23H,1,11-13,16H2,2-7H3,(H,30,35)(H,31,37)(H,32,34)/b10-9+/t17-,22+,23?/m1/s1. The van der Waals surface area contributed by atoms with Crippen molar-refractivity contribution in [2.45, 2.75) is 71.2 Å². The second-order valence-electron chi connectivity index (χ2n) is 10.4. The van der Waals surface area contributed by atoms with Crippen LogP contribution in [0, 0.1) is 0 Å². The second kappa shape index (κ2) is 15.0. The highest BCUT2D eigenvalue weighted by Crippen LogP contribution is 2.31. The number of esters is 2. The summed E-state index contributed by atoms with van der Waals surface area (Å²) in [5, 5.41) is 7.62. The van der Waals surface area contributed by atoms with E-state index < -0.39 is 53.6 Å². The Morgan fingerprint density at radius 1 is 1.15 bits per heavy atom. The van der Waals surface area contributed by atoms with E-state index >= 15 is 0 Å². The summed E-state index contributed by atoms with van der Waals surface area (Å²) in [5.41, 5.74) is 0.735. The van der Waals surface area contributed by atoms with Crippen molar-refractivity contribution in [1.29, 1.82) is 0 Å². The van der Waals surface area contributed by atoms with Crippen LogP contribution >= 0.6 is 0 Å². The molecule has 3 atom stereocenters. The number of carbonyl (C=O) groups is 5. The lowest BCUT2D eigenvalue weighted by molar-refractivity contribution is -0.145. The number of hydrogen-bond acceptors (Lipinski definition) is 9. The van der Waals surface area contributed by atoms with Crippen LogP contribution in [-0.2, 0) is 46.2 Å². The van der Waals surface area contributed by atoms with E-state index in [1.165, 1.54) is 21.0 Å². The molecule has 0 aromatic heterocycles. The van der Waals surface area contributed by atoms with Gasteiger partial charge in [0.15, 0.2) is 6.04 Å². The highest BCUT2D eigenvalue weighted by atomic mass is 16.6. The summed E-state index contributed by atoms with van der Waals surface area (Å²) in [5.74, 6) is -2.32. The smallest absolute Gasteiger partial charge is 0.408 e. The van der Waals surface area contributed by atoms with Gasteiger partial charge in [-0.2, -0.15) is 0 Å². The summed E-state index contributed by atoms with van der Waals surface area (Å²) in [6.45, 7) is 11.4. The average molecular weight is 574 g/mol. The Morgan fingerprint density at radius 2 is 1.85 bits per heavy atom. The molecule has 2 rings (SSSR count). The van der Waals surface area contributed by atoms with Crippen LogP contribution in [-0.4, -0.2) is 67.9 Å². The van der Waals surface area contributed by atoms with Crippen LogP contribution in [0.25, 0.3) is 0 Å². The first-order chi connectivity index (χ1) is 19.2. The molecule has 1 aliphatic heterocycles. The summed E-state index contributed by atoms with van der Waals surface area (Å²) in [7, 11) is 1.19. The molecule has 0 saturated carbocycles. The van der Waals surface area contributed by atoms with Crippen molar-refractivity contribution in [2.24, 2.45) is 0 Å². The predicted molar refractivity (Wildman–Crippen MR) is 149 cm³/mol. The minimum Gasteiger partial charge on any atom is -0.467 e. The number of ether oxygens (including phenoxy) is 4. The highest BCUT2D eigenvalue weighted by molar-refractivity contribution is 5.93. The third-order valence-corrected chi connectivity index (χ3v) is 5.69. The maximum Gasteiger partial charge on any atom is 0.408 e. The van der Waals surface area contributed by atoms with E-state index in [9.17, 15) is 24.0 Å². The molecule has 3 N–H and O–H groups in total. The van der Waals surface area contributed by atoms with E-state index in [1.807, 2.05) is 0 Å². The number of amides is 3. The number of rotatable bonds is 5. The minimum atomic E-state index is -1.24. The van der Waals surface area contributed by atoms with E-state index in [0.717, 1.165) is 0 Å². The first-order valence-corrected chi connectivity index (χ1v) is 13.1. The molecular formula is C29H39N3O9. The van der Waals surface area contributed by atoms with Gasteiger partial charge in [0, 0.05) is 6.92 Å². The van der Waals surface area contributed by atoms with Gasteiger partial charge in [0.25, 0.3) is 0 Å². The van der Waals surface area contributed by atoms with Gasteiger partial charge in [-0.1, -0.05) is 18.2 Å². The number of benzene rings is 1. The van der Waals surface area contributed by atoms with Gasteiger partial charge in [0.05, 0.1) is 20.3 Å². The molecule has 0 aliphatic carbocycles. The van der Waals surface area contributed by atoms with Gasteiger partial charge in [-0.3, -0.25) is 14.4 Å². The minimum absolute atomic E-state index is 0.0860. The number of allylic oxidation sites excluding steroid dienone is 2. The molecule has 3 amide bonds. The molecular weight excluding hydrogens is 534 g/mol. The van der Waals surface area contributed by atoms with Gasteiger partial charge >= 0.3 is 18.0 Å². The van der Waals surface area contributed by atoms with Gasteiger partial charge < -0.3 is 34.9 Å². The molecule has 0 radical (unpaired) electrons. The number of alkyl carbamates (subject to hydrolysis) is 1. The molecule has 1 aromatic carbocycles. The lowest BCUT2D eigenvalue weighted by Gasteiger charge is -2.25. The van der Waals surface area contributed by atoms with Crippen molar-refractivity contribution < 1.29 is 42.9 Å². The Hall–Kier alpha value is -4.19. The van der Waals surface area contributed by atoms with Crippen molar-refractivity contribution in [2.75, 3.05) is 20.3 Å². The third-order valence-electron chi connectivity index (χ3n) is 5.69. The molecule has 12 heteroatoms. The largest absolute Gasteiger partial charge is 0.467 e. The molecule has 2 bridgehead atoms. The van der Waals surface area contributed by atoms with Gasteiger partial charge in [0.2, 0.25) is 11.8 Å². The summed E-state index contributed by atoms with van der Waals surface area (Å²) < 4.78 is 21.3. The summed E-state index contributed by atoms with van der Waals surface area (Å²) >= 11 is 0. The molecule has 0 spiro atoms. The van der Waals surface area contributed by atoms with Gasteiger partial charge in [-0.25, -0.2) is 9.59 Å². The molecule has 1 unspecified atom stereocenters. The van der Waals surface area contributed by atoms with E-state index in [0.29, 0.717) is 28.9 Å². The zero-order valence-electron chi connectivity index (χ0n) is 24.3. The second-order valence-corrected chi connectivity index (χ2v) is 10.4. The Morgan fingerprint density at radius 3 is 2.46 bits per heavy atom. The van der Waals surface area contributed by atoms with Crippen LogP contribution in [0.5, 0.6) is 5.75 Å². The predicted octanol–water partition coefficient (Wildman–Crippen LogP) is 2.20. The van der Waals surface area contributed by atoms with Crippen LogP contribution in [0.1, 0.15) is 57.4 Å². The number of nitrogens with one attached hydrogen (secondary N) is 3. The summed E-state index contributed by atoms with van der Waals surface area (Å²) in [6.07, 6.45) is 4.85. The fraction of sp³-hybridized carbons (Fsp3) is 0.483. The number of hydrogen-bond donors (Lipinski definition) is 3. The maximum absolute atomic E-state index is 13.1. The third kappa shape index (κ3) is 10.4. The Bertz CT molecular complexity index is 1190. The van der Waals surface area contributed by atoms with Crippen LogP contribution in [0.2, 0.25) is 0 Å². The quantitative estimate of drug-likeness (QED) is 0.273. The van der Waals surface area contributed by atoms with Crippen LogP contribution in [0.3, 0.4) is 0 Å². The summed E-state index contributed by atoms with van der Waals surface area (Å²) in [4.78, 5) is 63.2. The molecule has 0 fully saturated rings. The molecule has 224 valence electrons. The summed E-state index contributed by atoms with van der Waals surface area (Å²) in [6, 6.07) is -0.254. The van der Waals surface area contributed by atoms with Crippen LogP contribution in [0.15, 0.2) is 36.9 Å². The van der Waals surface area contributed by atoms with E-state index in [2.05, 4.69) is 22.5 Å². The SMILES string of the molecule is C=CCc1cc2cc(c1OC(C)=O)C/C=C/COC[C@H](NC(=O)OC(C)(C)C)C(=O)N[C@H](C)C(=O)NC2C(=O)OC. The Labute approximate surface area is 239 Å². The molecule has 1 aromatic rings. The molecule has 1 aliphatic rings. The van der Waals surface area contributed by atoms with E-state index in [4.69, 9.17) is 18.9 Å². The number of methoxy groups -OCH3 is 1. The first kappa shape index (κ1) is 33.0. The van der Waals surface area contributed by atoms with Gasteiger partial charge in [-0.05, 0) is 69.4 Å². The fourth-order valence-corrected chi connectivity index (χ4v) is 3.89. The Kier molecular flexibility index (Phi) is 12.1. The van der Waals surface area contributed by atoms with Gasteiger partial charge in [-0.15, -0.1) is 6.58 Å². The Balaban J connectivity index is 2.51. The van der Waals surface area contributed by atoms with Gasteiger partial charge in [0.1, 0.15) is 23.4 Å².